The largest absolute Gasteiger partial charge is 0.490 e. The first-order valence-electron chi connectivity index (χ1n) is 9.71. The van der Waals surface area contributed by atoms with Gasteiger partial charge in [-0.2, -0.15) is 0 Å². The van der Waals surface area contributed by atoms with Crippen LogP contribution < -0.4 is 9.47 Å². The molecule has 0 spiro atoms. The maximum absolute atomic E-state index is 12.5. The minimum absolute atomic E-state index is 0.0251. The number of methoxy groups -OCH3 is 1. The molecule has 0 bridgehead atoms. The van der Waals surface area contributed by atoms with Crippen molar-refractivity contribution < 1.29 is 27.4 Å². The molecule has 1 saturated heterocycles. The quantitative estimate of drug-likeness (QED) is 0.506. The molecule has 3 rings (SSSR count). The van der Waals surface area contributed by atoms with Crippen LogP contribution in [0.2, 0.25) is 0 Å². The molecule has 1 aromatic rings. The maximum atomic E-state index is 12.5. The van der Waals surface area contributed by atoms with Crippen LogP contribution in [0.3, 0.4) is 0 Å². The number of carbonyl (C=O) groups is 1. The number of piperidine rings is 1. The fraction of sp³-hybridized carbons (Fsp3) is 0.650. The van der Waals surface area contributed by atoms with Crippen molar-refractivity contribution in [2.24, 2.45) is 5.92 Å². The fourth-order valence-electron chi connectivity index (χ4n) is 3.79. The van der Waals surface area contributed by atoms with Gasteiger partial charge in [0.15, 0.2) is 11.5 Å². The SMILES string of the molecule is COC(=O)C1CCN(S(=O)(=O)CCCOc2cccc3c2OC(C)(C)C3)CC1. The summed E-state index contributed by atoms with van der Waals surface area (Å²) in [5.74, 6) is 0.993. The lowest BCUT2D eigenvalue weighted by Gasteiger charge is -2.29. The van der Waals surface area contributed by atoms with Crippen LogP contribution in [-0.4, -0.2) is 56.9 Å². The molecule has 28 heavy (non-hydrogen) atoms. The van der Waals surface area contributed by atoms with Gasteiger partial charge in [-0.25, -0.2) is 12.7 Å². The molecule has 0 unspecified atom stereocenters. The van der Waals surface area contributed by atoms with E-state index >= 15 is 0 Å². The van der Waals surface area contributed by atoms with E-state index in [1.165, 1.54) is 11.4 Å². The predicted octanol–water partition coefficient (Wildman–Crippen LogP) is 2.38. The predicted molar refractivity (Wildman–Crippen MR) is 105 cm³/mol. The second-order valence-electron chi connectivity index (χ2n) is 8.00. The Bertz CT molecular complexity index is 812. The maximum Gasteiger partial charge on any atom is 0.308 e. The summed E-state index contributed by atoms with van der Waals surface area (Å²) in [6.07, 6.45) is 2.24. The summed E-state index contributed by atoms with van der Waals surface area (Å²) in [7, 11) is -1.99. The Balaban J connectivity index is 1.47. The van der Waals surface area contributed by atoms with E-state index in [2.05, 4.69) is 0 Å². The third kappa shape index (κ3) is 4.78. The van der Waals surface area contributed by atoms with Gasteiger partial charge in [-0.15, -0.1) is 0 Å². The summed E-state index contributed by atoms with van der Waals surface area (Å²) < 4.78 is 43.1. The number of carbonyl (C=O) groups excluding carboxylic acids is 1. The van der Waals surface area contributed by atoms with Crippen LogP contribution in [0.4, 0.5) is 0 Å². The molecule has 0 radical (unpaired) electrons. The van der Waals surface area contributed by atoms with Gasteiger partial charge in [0.1, 0.15) is 5.60 Å². The van der Waals surface area contributed by atoms with Gasteiger partial charge >= 0.3 is 5.97 Å². The van der Waals surface area contributed by atoms with Gasteiger partial charge in [0.2, 0.25) is 10.0 Å². The van der Waals surface area contributed by atoms with E-state index in [4.69, 9.17) is 14.2 Å². The zero-order valence-corrected chi connectivity index (χ0v) is 17.6. The third-order valence-corrected chi connectivity index (χ3v) is 7.20. The molecule has 2 aliphatic rings. The number of rotatable bonds is 7. The number of esters is 1. The molecule has 0 aromatic heterocycles. The average molecular weight is 412 g/mol. The van der Waals surface area contributed by atoms with Crippen LogP contribution >= 0.6 is 0 Å². The van der Waals surface area contributed by atoms with Crippen molar-refractivity contribution in [3.8, 4) is 11.5 Å². The van der Waals surface area contributed by atoms with Crippen molar-refractivity contribution in [3.05, 3.63) is 23.8 Å². The standard InChI is InChI=1S/C20H29NO6S/c1-20(2)14-16-6-4-7-17(18(16)27-20)26-12-5-13-28(23,24)21-10-8-15(9-11-21)19(22)25-3/h4,6-7,15H,5,8-14H2,1-3H3. The number of benzene rings is 1. The van der Waals surface area contributed by atoms with Crippen molar-refractivity contribution in [2.45, 2.75) is 45.1 Å². The van der Waals surface area contributed by atoms with E-state index in [1.807, 2.05) is 32.0 Å². The second kappa shape index (κ2) is 8.29. The average Bonchev–Trinajstić information content (AvgIpc) is 2.99. The van der Waals surface area contributed by atoms with Gasteiger partial charge in [-0.3, -0.25) is 4.79 Å². The lowest BCUT2D eigenvalue weighted by atomic mass is 9.99. The number of hydrogen-bond acceptors (Lipinski definition) is 6. The van der Waals surface area contributed by atoms with Gasteiger partial charge < -0.3 is 14.2 Å². The second-order valence-corrected chi connectivity index (χ2v) is 10.1. The highest BCUT2D eigenvalue weighted by Gasteiger charge is 2.33. The summed E-state index contributed by atoms with van der Waals surface area (Å²) >= 11 is 0. The molecule has 0 N–H and O–H groups in total. The molecule has 2 heterocycles. The molecule has 7 nitrogen and oxygen atoms in total. The number of ether oxygens (including phenoxy) is 3. The number of nitrogens with zero attached hydrogens (tertiary/aromatic N) is 1. The van der Waals surface area contributed by atoms with Crippen molar-refractivity contribution in [1.82, 2.24) is 4.31 Å². The van der Waals surface area contributed by atoms with Crippen LogP contribution in [0.25, 0.3) is 0 Å². The van der Waals surface area contributed by atoms with Gasteiger partial charge in [0.05, 0.1) is 25.4 Å². The summed E-state index contributed by atoms with van der Waals surface area (Å²) in [5, 5.41) is 0. The van der Waals surface area contributed by atoms with Crippen LogP contribution in [0.15, 0.2) is 18.2 Å². The third-order valence-electron chi connectivity index (χ3n) is 5.24. The molecule has 0 atom stereocenters. The molecule has 8 heteroatoms. The zero-order valence-electron chi connectivity index (χ0n) is 16.8. The molecular formula is C20H29NO6S. The monoisotopic (exact) mass is 411 g/mol. The number of hydrogen-bond donors (Lipinski definition) is 0. The molecule has 1 fully saturated rings. The summed E-state index contributed by atoms with van der Waals surface area (Å²) in [6.45, 7) is 5.09. The normalized spacial score (nSPS) is 19.7. The van der Waals surface area contributed by atoms with E-state index in [0.717, 1.165) is 17.7 Å². The van der Waals surface area contributed by atoms with E-state index in [9.17, 15) is 13.2 Å². The minimum atomic E-state index is -3.35. The van der Waals surface area contributed by atoms with Gasteiger partial charge in [0, 0.05) is 25.1 Å². The van der Waals surface area contributed by atoms with Crippen molar-refractivity contribution >= 4 is 16.0 Å². The zero-order chi connectivity index (χ0) is 20.4. The molecule has 0 saturated carbocycles. The molecule has 0 aliphatic carbocycles. The Hall–Kier alpha value is -1.80. The van der Waals surface area contributed by atoms with Gasteiger partial charge in [-0.05, 0) is 39.2 Å². The Morgan fingerprint density at radius 1 is 1.29 bits per heavy atom. The lowest BCUT2D eigenvalue weighted by molar-refractivity contribution is -0.146. The first-order valence-corrected chi connectivity index (χ1v) is 11.3. The van der Waals surface area contributed by atoms with E-state index < -0.39 is 10.0 Å². The van der Waals surface area contributed by atoms with E-state index in [1.54, 1.807) is 0 Å². The molecule has 1 aromatic carbocycles. The Kier molecular flexibility index (Phi) is 6.19. The summed E-state index contributed by atoms with van der Waals surface area (Å²) in [4.78, 5) is 11.6. The van der Waals surface area contributed by atoms with Crippen molar-refractivity contribution in [3.63, 3.8) is 0 Å². The van der Waals surface area contributed by atoms with Crippen LogP contribution in [-0.2, 0) is 26.0 Å². The smallest absolute Gasteiger partial charge is 0.308 e. The summed E-state index contributed by atoms with van der Waals surface area (Å²) in [5.41, 5.74) is 0.866. The first kappa shape index (κ1) is 20.9. The molecule has 2 aliphatic heterocycles. The van der Waals surface area contributed by atoms with E-state index in [0.29, 0.717) is 44.7 Å². The Labute approximate surface area is 167 Å². The highest BCUT2D eigenvalue weighted by atomic mass is 32.2. The Morgan fingerprint density at radius 2 is 2.00 bits per heavy atom. The topological polar surface area (TPSA) is 82.1 Å². The number of para-hydroxylation sites is 1. The van der Waals surface area contributed by atoms with Crippen LogP contribution in [0.5, 0.6) is 11.5 Å². The number of sulfonamides is 1. The van der Waals surface area contributed by atoms with E-state index in [-0.39, 0.29) is 23.2 Å². The molecule has 0 amide bonds. The minimum Gasteiger partial charge on any atom is -0.490 e. The fourth-order valence-corrected chi connectivity index (χ4v) is 5.30. The number of fused-ring (bicyclic) bond motifs is 1. The van der Waals surface area contributed by atoms with Gasteiger partial charge in [0.25, 0.3) is 0 Å². The van der Waals surface area contributed by atoms with Crippen molar-refractivity contribution in [2.75, 3.05) is 32.6 Å². The van der Waals surface area contributed by atoms with Gasteiger partial charge in [-0.1, -0.05) is 12.1 Å². The van der Waals surface area contributed by atoms with Crippen LogP contribution in [0.1, 0.15) is 38.7 Å². The highest BCUT2D eigenvalue weighted by molar-refractivity contribution is 7.89. The Morgan fingerprint density at radius 3 is 2.68 bits per heavy atom. The molecule has 156 valence electrons. The summed E-state index contributed by atoms with van der Waals surface area (Å²) in [6, 6.07) is 5.81. The lowest BCUT2D eigenvalue weighted by Crippen LogP contribution is -2.41. The van der Waals surface area contributed by atoms with Crippen LogP contribution in [0, 0.1) is 5.92 Å². The molecular weight excluding hydrogens is 382 g/mol. The highest BCUT2D eigenvalue weighted by Crippen LogP contribution is 2.41. The van der Waals surface area contributed by atoms with Crippen molar-refractivity contribution in [1.29, 1.82) is 0 Å². The first-order chi connectivity index (χ1) is 13.2.